The molecule has 0 amide bonds. The largest absolute Gasteiger partial charge is 0.315 e. The minimum atomic E-state index is -0.207. The highest BCUT2D eigenvalue weighted by Crippen LogP contribution is 2.29. The lowest BCUT2D eigenvalue weighted by Crippen LogP contribution is -2.10. The van der Waals surface area contributed by atoms with E-state index in [4.69, 9.17) is 5.26 Å². The second-order valence-corrected chi connectivity index (χ2v) is 3.52. The van der Waals surface area contributed by atoms with Gasteiger partial charge in [-0.25, -0.2) is 4.39 Å². The molecule has 0 aliphatic carbocycles. The van der Waals surface area contributed by atoms with Gasteiger partial charge in [0.25, 0.3) is 0 Å². The second kappa shape index (κ2) is 3.77. The van der Waals surface area contributed by atoms with Crippen LogP contribution in [0.3, 0.4) is 0 Å². The highest BCUT2D eigenvalue weighted by molar-refractivity contribution is 5.26. The van der Waals surface area contributed by atoms with Gasteiger partial charge in [-0.05, 0) is 11.6 Å². The fraction of sp³-hybridized carbons (Fsp3) is 0.364. The van der Waals surface area contributed by atoms with Gasteiger partial charge in [-0.2, -0.15) is 5.26 Å². The minimum Gasteiger partial charge on any atom is -0.315 e. The van der Waals surface area contributed by atoms with Crippen molar-refractivity contribution in [2.24, 2.45) is 5.92 Å². The summed E-state index contributed by atoms with van der Waals surface area (Å²) in [5, 5.41) is 12.0. The van der Waals surface area contributed by atoms with Crippen LogP contribution in [0.15, 0.2) is 24.3 Å². The van der Waals surface area contributed by atoms with Crippen molar-refractivity contribution in [3.8, 4) is 6.07 Å². The quantitative estimate of drug-likeness (QED) is 0.731. The lowest BCUT2D eigenvalue weighted by molar-refractivity contribution is 0.562. The average molecular weight is 190 g/mol. The van der Waals surface area contributed by atoms with E-state index in [0.29, 0.717) is 18.7 Å². The number of hydrogen-bond donors (Lipinski definition) is 1. The van der Waals surface area contributed by atoms with E-state index in [-0.39, 0.29) is 17.7 Å². The Morgan fingerprint density at radius 2 is 2.14 bits per heavy atom. The fourth-order valence-corrected chi connectivity index (χ4v) is 1.92. The molecule has 1 aromatic rings. The highest BCUT2D eigenvalue weighted by atomic mass is 19.1. The van der Waals surface area contributed by atoms with Gasteiger partial charge in [0.2, 0.25) is 0 Å². The highest BCUT2D eigenvalue weighted by Gasteiger charge is 2.29. The van der Waals surface area contributed by atoms with Gasteiger partial charge >= 0.3 is 0 Å². The fourth-order valence-electron chi connectivity index (χ4n) is 1.92. The first-order valence-electron chi connectivity index (χ1n) is 4.67. The Hall–Kier alpha value is -1.40. The third-order valence-corrected chi connectivity index (χ3v) is 2.68. The molecule has 1 aliphatic rings. The predicted molar refractivity (Wildman–Crippen MR) is 51.1 cm³/mol. The van der Waals surface area contributed by atoms with Crippen LogP contribution in [0, 0.1) is 23.1 Å². The van der Waals surface area contributed by atoms with Gasteiger partial charge < -0.3 is 5.32 Å². The molecule has 1 aliphatic heterocycles. The molecule has 3 heteroatoms. The molecule has 1 saturated heterocycles. The van der Waals surface area contributed by atoms with Gasteiger partial charge in [0, 0.05) is 19.0 Å². The number of hydrogen-bond acceptors (Lipinski definition) is 2. The van der Waals surface area contributed by atoms with Crippen LogP contribution >= 0.6 is 0 Å². The van der Waals surface area contributed by atoms with E-state index in [9.17, 15) is 4.39 Å². The molecule has 0 aromatic heterocycles. The van der Waals surface area contributed by atoms with Gasteiger partial charge in [-0.15, -0.1) is 0 Å². The minimum absolute atomic E-state index is 0.00111. The predicted octanol–water partition coefficient (Wildman–Crippen LogP) is 1.65. The van der Waals surface area contributed by atoms with Crippen LogP contribution in [0.25, 0.3) is 0 Å². The van der Waals surface area contributed by atoms with Crippen molar-refractivity contribution in [1.29, 1.82) is 5.26 Å². The molecule has 2 nitrogen and oxygen atoms in total. The van der Waals surface area contributed by atoms with Crippen LogP contribution in [0.4, 0.5) is 4.39 Å². The van der Waals surface area contributed by atoms with Gasteiger partial charge in [0.05, 0.1) is 12.0 Å². The van der Waals surface area contributed by atoms with Gasteiger partial charge in [-0.1, -0.05) is 18.2 Å². The zero-order valence-electron chi connectivity index (χ0n) is 7.70. The molecule has 72 valence electrons. The number of rotatable bonds is 1. The van der Waals surface area contributed by atoms with Gasteiger partial charge in [0.1, 0.15) is 5.82 Å². The summed E-state index contributed by atoms with van der Waals surface area (Å²) in [6.07, 6.45) is 0. The summed E-state index contributed by atoms with van der Waals surface area (Å²) in [4.78, 5) is 0. The monoisotopic (exact) mass is 190 g/mol. The van der Waals surface area contributed by atoms with E-state index in [1.165, 1.54) is 6.07 Å². The van der Waals surface area contributed by atoms with Crippen LogP contribution in [0.1, 0.15) is 11.5 Å². The number of nitrogens with zero attached hydrogens (tertiary/aromatic N) is 1. The molecule has 0 unspecified atom stereocenters. The second-order valence-electron chi connectivity index (χ2n) is 3.52. The molecule has 1 aromatic carbocycles. The Labute approximate surface area is 82.4 Å². The Morgan fingerprint density at radius 1 is 1.36 bits per heavy atom. The molecule has 2 atom stereocenters. The van der Waals surface area contributed by atoms with E-state index >= 15 is 0 Å². The zero-order valence-corrected chi connectivity index (χ0v) is 7.70. The lowest BCUT2D eigenvalue weighted by atomic mass is 9.90. The average Bonchev–Trinajstić information content (AvgIpc) is 2.66. The van der Waals surface area contributed by atoms with Crippen molar-refractivity contribution in [2.75, 3.05) is 13.1 Å². The molecular weight excluding hydrogens is 179 g/mol. The summed E-state index contributed by atoms with van der Waals surface area (Å²) in [5.41, 5.74) is 0.657. The molecular formula is C11H11FN2. The molecule has 1 heterocycles. The first kappa shape index (κ1) is 9.17. The molecule has 1 N–H and O–H groups in total. The normalized spacial score (nSPS) is 26.0. The van der Waals surface area contributed by atoms with Crippen molar-refractivity contribution in [2.45, 2.75) is 5.92 Å². The molecule has 1 fully saturated rings. The summed E-state index contributed by atoms with van der Waals surface area (Å²) >= 11 is 0. The summed E-state index contributed by atoms with van der Waals surface area (Å²) in [6, 6.07) is 8.90. The lowest BCUT2D eigenvalue weighted by Gasteiger charge is -2.12. The molecule has 2 rings (SSSR count). The topological polar surface area (TPSA) is 35.8 Å². The Bertz CT molecular complexity index is 370. The first-order chi connectivity index (χ1) is 6.83. The third kappa shape index (κ3) is 1.49. The Balaban J connectivity index is 2.31. The molecule has 0 saturated carbocycles. The number of nitrogens with one attached hydrogen (secondary N) is 1. The van der Waals surface area contributed by atoms with Crippen LogP contribution in [0.5, 0.6) is 0 Å². The van der Waals surface area contributed by atoms with Crippen LogP contribution in [-0.2, 0) is 0 Å². The number of benzene rings is 1. The van der Waals surface area contributed by atoms with Crippen LogP contribution < -0.4 is 5.32 Å². The standard InChI is InChI=1S/C11H11FN2/c12-11-4-2-1-3-9(11)10-7-14-6-8(10)5-13/h1-4,8,10,14H,6-7H2/t8-,10+/m0/s1. The summed E-state index contributed by atoms with van der Waals surface area (Å²) in [5.74, 6) is -0.311. The summed E-state index contributed by atoms with van der Waals surface area (Å²) < 4.78 is 13.4. The summed E-state index contributed by atoms with van der Waals surface area (Å²) in [7, 11) is 0. The van der Waals surface area contributed by atoms with Crippen LogP contribution in [0.2, 0.25) is 0 Å². The van der Waals surface area contributed by atoms with E-state index < -0.39 is 0 Å². The van der Waals surface area contributed by atoms with E-state index in [1.54, 1.807) is 12.1 Å². The molecule has 0 bridgehead atoms. The van der Waals surface area contributed by atoms with Crippen molar-refractivity contribution < 1.29 is 4.39 Å². The van der Waals surface area contributed by atoms with Crippen LogP contribution in [-0.4, -0.2) is 13.1 Å². The maximum atomic E-state index is 13.4. The zero-order chi connectivity index (χ0) is 9.97. The van der Waals surface area contributed by atoms with E-state index in [2.05, 4.69) is 11.4 Å². The van der Waals surface area contributed by atoms with Crippen molar-refractivity contribution in [1.82, 2.24) is 5.32 Å². The van der Waals surface area contributed by atoms with Gasteiger partial charge in [-0.3, -0.25) is 0 Å². The van der Waals surface area contributed by atoms with Crippen molar-refractivity contribution >= 4 is 0 Å². The molecule has 0 spiro atoms. The third-order valence-electron chi connectivity index (χ3n) is 2.68. The first-order valence-corrected chi connectivity index (χ1v) is 4.67. The smallest absolute Gasteiger partial charge is 0.126 e. The van der Waals surface area contributed by atoms with Crippen molar-refractivity contribution in [3.05, 3.63) is 35.6 Å². The molecule has 14 heavy (non-hydrogen) atoms. The van der Waals surface area contributed by atoms with Gasteiger partial charge in [0.15, 0.2) is 0 Å². The Morgan fingerprint density at radius 3 is 2.86 bits per heavy atom. The van der Waals surface area contributed by atoms with Crippen molar-refractivity contribution in [3.63, 3.8) is 0 Å². The maximum absolute atomic E-state index is 13.4. The maximum Gasteiger partial charge on any atom is 0.126 e. The Kier molecular flexibility index (Phi) is 2.47. The molecule has 0 radical (unpaired) electrons. The van der Waals surface area contributed by atoms with E-state index in [1.807, 2.05) is 6.07 Å². The van der Waals surface area contributed by atoms with E-state index in [0.717, 1.165) is 0 Å². The number of nitriles is 1. The number of halogens is 1. The SMILES string of the molecule is N#C[C@H]1CNC[C@H]1c1ccccc1F. The summed E-state index contributed by atoms with van der Waals surface area (Å²) in [6.45, 7) is 1.36.